The molecule has 132 valence electrons. The van der Waals surface area contributed by atoms with Crippen LogP contribution in [0.5, 0.6) is 0 Å². The van der Waals surface area contributed by atoms with Gasteiger partial charge in [-0.15, -0.1) is 0 Å². The average Bonchev–Trinajstić information content (AvgIpc) is 3.54. The molecule has 2 fully saturated rings. The number of nitrogens with one attached hydrogen (secondary N) is 1. The van der Waals surface area contributed by atoms with E-state index < -0.39 is 0 Å². The number of carbonyl (C=O) groups is 1. The standard InChI is InChI=1S/C20H25N3O2/c1-13-12-16(13)19(14-6-3-2-4-7-14)21-17(24)8-5-9-18-22-20(23-25-18)15-10-11-15/h2-4,6-7,13,15-16,19H,5,8-12H2,1H3,(H,21,24)/t13-,16-,19+/m0/s1. The van der Waals surface area contributed by atoms with Crippen LogP contribution in [0.3, 0.4) is 0 Å². The molecule has 0 radical (unpaired) electrons. The molecule has 2 aliphatic rings. The summed E-state index contributed by atoms with van der Waals surface area (Å²) in [6.07, 6.45) is 5.42. The van der Waals surface area contributed by atoms with Gasteiger partial charge in [-0.1, -0.05) is 42.4 Å². The first-order chi connectivity index (χ1) is 12.2. The minimum Gasteiger partial charge on any atom is -0.349 e. The molecule has 1 amide bonds. The summed E-state index contributed by atoms with van der Waals surface area (Å²) in [6.45, 7) is 2.25. The molecule has 2 aromatic rings. The molecule has 0 unspecified atom stereocenters. The lowest BCUT2D eigenvalue weighted by molar-refractivity contribution is -0.122. The van der Waals surface area contributed by atoms with Crippen LogP contribution in [-0.4, -0.2) is 16.0 Å². The second-order valence-electron chi connectivity index (χ2n) is 7.51. The molecule has 2 saturated carbocycles. The highest BCUT2D eigenvalue weighted by Gasteiger charge is 2.40. The van der Waals surface area contributed by atoms with Crippen molar-refractivity contribution in [1.82, 2.24) is 15.5 Å². The number of rotatable bonds is 8. The van der Waals surface area contributed by atoms with E-state index >= 15 is 0 Å². The number of carbonyl (C=O) groups excluding carboxylic acids is 1. The van der Waals surface area contributed by atoms with Gasteiger partial charge in [-0.05, 0) is 43.1 Å². The number of nitrogens with zero attached hydrogens (tertiary/aromatic N) is 2. The first kappa shape index (κ1) is 16.3. The normalized spacial score (nSPS) is 23.2. The Labute approximate surface area is 148 Å². The molecule has 5 heteroatoms. The van der Waals surface area contributed by atoms with Crippen LogP contribution in [0, 0.1) is 11.8 Å². The fraction of sp³-hybridized carbons (Fsp3) is 0.550. The lowest BCUT2D eigenvalue weighted by atomic mass is 10.0. The second kappa shape index (κ2) is 6.98. The SMILES string of the molecule is C[C@H]1C[C@@H]1[C@H](NC(=O)CCCc1nc(C2CC2)no1)c1ccccc1. The van der Waals surface area contributed by atoms with E-state index in [0.29, 0.717) is 36.5 Å². The third-order valence-corrected chi connectivity index (χ3v) is 5.30. The van der Waals surface area contributed by atoms with Crippen molar-refractivity contribution >= 4 is 5.91 Å². The molecule has 1 aromatic carbocycles. The van der Waals surface area contributed by atoms with E-state index in [1.165, 1.54) is 24.8 Å². The Morgan fingerprint density at radius 2 is 2.08 bits per heavy atom. The summed E-state index contributed by atoms with van der Waals surface area (Å²) in [5.74, 6) is 3.35. The van der Waals surface area contributed by atoms with Crippen molar-refractivity contribution in [3.05, 3.63) is 47.6 Å². The molecule has 0 bridgehead atoms. The Hall–Kier alpha value is -2.17. The highest BCUT2D eigenvalue weighted by Crippen LogP contribution is 2.47. The first-order valence-electron chi connectivity index (χ1n) is 9.37. The van der Waals surface area contributed by atoms with Gasteiger partial charge in [-0.2, -0.15) is 4.98 Å². The van der Waals surface area contributed by atoms with E-state index in [9.17, 15) is 4.79 Å². The zero-order valence-electron chi connectivity index (χ0n) is 14.6. The molecule has 3 atom stereocenters. The summed E-state index contributed by atoms with van der Waals surface area (Å²) in [5.41, 5.74) is 1.20. The van der Waals surface area contributed by atoms with Gasteiger partial charge in [0.15, 0.2) is 5.82 Å². The number of hydrogen-bond acceptors (Lipinski definition) is 4. The third kappa shape index (κ3) is 4.09. The Bertz CT molecular complexity index is 724. The van der Waals surface area contributed by atoms with Crippen molar-refractivity contribution < 1.29 is 9.32 Å². The smallest absolute Gasteiger partial charge is 0.226 e. The third-order valence-electron chi connectivity index (χ3n) is 5.30. The van der Waals surface area contributed by atoms with E-state index in [1.807, 2.05) is 18.2 Å². The van der Waals surface area contributed by atoms with E-state index in [2.05, 4.69) is 34.5 Å². The van der Waals surface area contributed by atoms with Gasteiger partial charge in [-0.25, -0.2) is 0 Å². The highest BCUT2D eigenvalue weighted by molar-refractivity contribution is 5.76. The summed E-state index contributed by atoms with van der Waals surface area (Å²) >= 11 is 0. The molecule has 2 aliphatic carbocycles. The Balaban J connectivity index is 1.28. The van der Waals surface area contributed by atoms with Gasteiger partial charge >= 0.3 is 0 Å². The maximum absolute atomic E-state index is 12.4. The zero-order chi connectivity index (χ0) is 17.2. The fourth-order valence-electron chi connectivity index (χ4n) is 3.44. The van der Waals surface area contributed by atoms with E-state index in [4.69, 9.17) is 4.52 Å². The Morgan fingerprint density at radius 3 is 2.76 bits per heavy atom. The number of aryl methyl sites for hydroxylation is 1. The molecule has 1 heterocycles. The summed E-state index contributed by atoms with van der Waals surface area (Å²) in [5, 5.41) is 7.26. The van der Waals surface area contributed by atoms with Gasteiger partial charge in [0.2, 0.25) is 11.8 Å². The van der Waals surface area contributed by atoms with E-state index in [1.54, 1.807) is 0 Å². The minimum atomic E-state index is 0.106. The maximum atomic E-state index is 12.4. The van der Waals surface area contributed by atoms with Crippen LogP contribution in [0.1, 0.15) is 68.3 Å². The highest BCUT2D eigenvalue weighted by atomic mass is 16.5. The number of amides is 1. The van der Waals surface area contributed by atoms with Crippen LogP contribution in [0.25, 0.3) is 0 Å². The lowest BCUT2D eigenvalue weighted by Crippen LogP contribution is -2.30. The summed E-state index contributed by atoms with van der Waals surface area (Å²) in [7, 11) is 0. The van der Waals surface area contributed by atoms with Gasteiger partial charge in [0.1, 0.15) is 0 Å². The number of hydrogen-bond donors (Lipinski definition) is 1. The summed E-state index contributed by atoms with van der Waals surface area (Å²) < 4.78 is 5.27. The van der Waals surface area contributed by atoms with Crippen molar-refractivity contribution in [1.29, 1.82) is 0 Å². The Kier molecular flexibility index (Phi) is 4.55. The van der Waals surface area contributed by atoms with Crippen LogP contribution in [0.2, 0.25) is 0 Å². The van der Waals surface area contributed by atoms with Crippen molar-refractivity contribution in [2.75, 3.05) is 0 Å². The van der Waals surface area contributed by atoms with E-state index in [-0.39, 0.29) is 11.9 Å². The molecule has 1 N–H and O–H groups in total. The molecule has 25 heavy (non-hydrogen) atoms. The number of aromatic nitrogens is 2. The van der Waals surface area contributed by atoms with Crippen LogP contribution < -0.4 is 5.32 Å². The van der Waals surface area contributed by atoms with Crippen LogP contribution in [0.4, 0.5) is 0 Å². The number of benzene rings is 1. The molecule has 0 saturated heterocycles. The molecule has 1 aromatic heterocycles. The topological polar surface area (TPSA) is 68.0 Å². The van der Waals surface area contributed by atoms with Crippen molar-refractivity contribution in [2.24, 2.45) is 11.8 Å². The fourth-order valence-corrected chi connectivity index (χ4v) is 3.44. The van der Waals surface area contributed by atoms with Crippen LogP contribution in [0.15, 0.2) is 34.9 Å². The maximum Gasteiger partial charge on any atom is 0.226 e. The molecular formula is C20H25N3O2. The van der Waals surface area contributed by atoms with Gasteiger partial charge in [0, 0.05) is 18.8 Å². The largest absolute Gasteiger partial charge is 0.349 e. The van der Waals surface area contributed by atoms with Gasteiger partial charge < -0.3 is 9.84 Å². The predicted octanol–water partition coefficient (Wildman–Crippen LogP) is 3.78. The van der Waals surface area contributed by atoms with Crippen LogP contribution >= 0.6 is 0 Å². The Morgan fingerprint density at radius 1 is 1.32 bits per heavy atom. The monoisotopic (exact) mass is 339 g/mol. The van der Waals surface area contributed by atoms with Gasteiger partial charge in [0.05, 0.1) is 6.04 Å². The molecule has 5 nitrogen and oxygen atoms in total. The average molecular weight is 339 g/mol. The van der Waals surface area contributed by atoms with Crippen molar-refractivity contribution in [3.63, 3.8) is 0 Å². The first-order valence-corrected chi connectivity index (χ1v) is 9.37. The molecule has 0 spiro atoms. The van der Waals surface area contributed by atoms with Gasteiger partial charge in [0.25, 0.3) is 0 Å². The molecular weight excluding hydrogens is 314 g/mol. The summed E-state index contributed by atoms with van der Waals surface area (Å²) in [4.78, 5) is 16.8. The van der Waals surface area contributed by atoms with Crippen LogP contribution in [-0.2, 0) is 11.2 Å². The summed E-state index contributed by atoms with van der Waals surface area (Å²) in [6, 6.07) is 10.4. The predicted molar refractivity (Wildman–Crippen MR) is 93.8 cm³/mol. The van der Waals surface area contributed by atoms with Crippen molar-refractivity contribution in [3.8, 4) is 0 Å². The lowest BCUT2D eigenvalue weighted by Gasteiger charge is -2.19. The zero-order valence-corrected chi connectivity index (χ0v) is 14.6. The van der Waals surface area contributed by atoms with Gasteiger partial charge in [-0.3, -0.25) is 4.79 Å². The minimum absolute atomic E-state index is 0.106. The van der Waals surface area contributed by atoms with E-state index in [0.717, 1.165) is 12.2 Å². The van der Waals surface area contributed by atoms with Crippen molar-refractivity contribution in [2.45, 2.75) is 57.4 Å². The molecule has 0 aliphatic heterocycles. The molecule has 4 rings (SSSR count). The second-order valence-corrected chi connectivity index (χ2v) is 7.51. The quantitative estimate of drug-likeness (QED) is 0.794.